The van der Waals surface area contributed by atoms with Crippen molar-refractivity contribution in [3.8, 4) is 5.75 Å². The minimum Gasteiger partial charge on any atom is -0.497 e. The van der Waals surface area contributed by atoms with Crippen LogP contribution in [0.4, 0.5) is 11.4 Å². The molecule has 308 valence electrons. The van der Waals surface area contributed by atoms with E-state index in [2.05, 4.69) is 97.9 Å². The third kappa shape index (κ3) is 11.6. The second kappa shape index (κ2) is 20.5. The summed E-state index contributed by atoms with van der Waals surface area (Å²) in [6.45, 7) is 12.0. The molecule has 0 spiro atoms. The van der Waals surface area contributed by atoms with Crippen LogP contribution >= 0.6 is 21.6 Å². The van der Waals surface area contributed by atoms with E-state index in [1.54, 1.807) is 33.4 Å². The molecule has 2 aromatic carbocycles. The zero-order chi connectivity index (χ0) is 41.1. The number of carbonyl (C=O) groups excluding carboxylic acids is 1. The van der Waals surface area contributed by atoms with E-state index in [1.807, 2.05) is 49.7 Å². The summed E-state index contributed by atoms with van der Waals surface area (Å²) in [5, 5.41) is 10.2. The van der Waals surface area contributed by atoms with E-state index in [4.69, 9.17) is 14.5 Å². The highest BCUT2D eigenvalue weighted by Gasteiger charge is 2.28. The summed E-state index contributed by atoms with van der Waals surface area (Å²) in [7, 11) is 7.71. The zero-order valence-corrected chi connectivity index (χ0v) is 36.8. The van der Waals surface area contributed by atoms with Gasteiger partial charge in [-0.15, -0.1) is 0 Å². The van der Waals surface area contributed by atoms with Gasteiger partial charge < -0.3 is 30.3 Å². The third-order valence-corrected chi connectivity index (χ3v) is 13.9. The van der Waals surface area contributed by atoms with Crippen molar-refractivity contribution in [1.29, 1.82) is 0 Å². The van der Waals surface area contributed by atoms with Gasteiger partial charge in [0.2, 0.25) is 5.91 Å². The summed E-state index contributed by atoms with van der Waals surface area (Å²) in [6.07, 6.45) is 26.4. The topological polar surface area (TPSA) is 87.2 Å². The molecule has 0 aromatic heterocycles. The molecule has 0 radical (unpaired) electrons. The van der Waals surface area contributed by atoms with Crippen LogP contribution in [-0.4, -0.2) is 60.7 Å². The number of hydrogen-bond donors (Lipinski definition) is 3. The molecule has 58 heavy (non-hydrogen) atoms. The highest BCUT2D eigenvalue weighted by Crippen LogP contribution is 2.39. The molecule has 2 aliphatic carbocycles. The van der Waals surface area contributed by atoms with Crippen LogP contribution in [0.5, 0.6) is 5.75 Å². The quantitative estimate of drug-likeness (QED) is 0.0779. The molecule has 2 atom stereocenters. The second-order valence-corrected chi connectivity index (χ2v) is 19.2. The van der Waals surface area contributed by atoms with Gasteiger partial charge in [-0.1, -0.05) is 52.0 Å². The Hall–Kier alpha value is -4.38. The number of benzene rings is 2. The molecule has 0 saturated heterocycles. The number of aliphatic imine (C=N–C) groups is 1. The van der Waals surface area contributed by atoms with Crippen molar-refractivity contribution in [3.63, 3.8) is 0 Å². The fourth-order valence-corrected chi connectivity index (χ4v) is 10.2. The van der Waals surface area contributed by atoms with Crippen LogP contribution in [0.3, 0.4) is 0 Å². The van der Waals surface area contributed by atoms with Crippen LogP contribution in [0.15, 0.2) is 119 Å². The summed E-state index contributed by atoms with van der Waals surface area (Å²) in [5.41, 5.74) is 12.3. The minimum absolute atomic E-state index is 0.00284. The largest absolute Gasteiger partial charge is 0.497 e. The SMILES string of the molecule is C=C/C(NCC1CC2=C(C=CCC2)N1C)=C(C)\C=C/OCc1cc(COc2ccc3c(c2)N=C[C@@H](NC)CC2=C3C=CCC2)cc(NC(=O)CCC(C)(C)SSC)c1. The van der Waals surface area contributed by atoms with Crippen LogP contribution in [0.25, 0.3) is 5.57 Å². The number of nitrogens with zero attached hydrogens (tertiary/aromatic N) is 2. The maximum atomic E-state index is 13.2. The third-order valence-electron chi connectivity index (χ3n) is 11.3. The van der Waals surface area contributed by atoms with Crippen molar-refractivity contribution in [2.45, 2.75) is 102 Å². The highest BCUT2D eigenvalue weighted by atomic mass is 33.1. The number of likely N-dealkylation sites (N-methyl/N-ethyl adjacent to an activating group) is 1. The fraction of sp³-hybridized carbons (Fsp3) is 0.417. The molecule has 2 aromatic rings. The van der Waals surface area contributed by atoms with Gasteiger partial charge in [-0.2, -0.15) is 0 Å². The summed E-state index contributed by atoms with van der Waals surface area (Å²) < 4.78 is 12.5. The lowest BCUT2D eigenvalue weighted by molar-refractivity contribution is -0.116. The number of nitrogens with one attached hydrogen (secondary N) is 3. The normalized spacial score (nSPS) is 19.3. The van der Waals surface area contributed by atoms with Gasteiger partial charge in [0.15, 0.2) is 0 Å². The van der Waals surface area contributed by atoms with E-state index < -0.39 is 0 Å². The Bertz CT molecular complexity index is 2040. The summed E-state index contributed by atoms with van der Waals surface area (Å²) in [4.78, 5) is 20.5. The molecule has 2 heterocycles. The van der Waals surface area contributed by atoms with Crippen LogP contribution in [0.1, 0.15) is 88.8 Å². The van der Waals surface area contributed by atoms with Crippen LogP contribution in [0.2, 0.25) is 0 Å². The Balaban J connectivity index is 1.13. The summed E-state index contributed by atoms with van der Waals surface area (Å²) in [5.74, 6) is 0.732. The maximum absolute atomic E-state index is 13.2. The van der Waals surface area contributed by atoms with E-state index in [1.165, 1.54) is 16.8 Å². The molecule has 0 saturated carbocycles. The van der Waals surface area contributed by atoms with Crippen molar-refractivity contribution in [1.82, 2.24) is 15.5 Å². The Morgan fingerprint density at radius 2 is 1.83 bits per heavy atom. The molecule has 0 fully saturated rings. The Labute approximate surface area is 354 Å². The smallest absolute Gasteiger partial charge is 0.224 e. The van der Waals surface area contributed by atoms with Gasteiger partial charge in [0.1, 0.15) is 19.0 Å². The van der Waals surface area contributed by atoms with Crippen molar-refractivity contribution in [3.05, 3.63) is 130 Å². The first-order chi connectivity index (χ1) is 28.0. The van der Waals surface area contributed by atoms with Gasteiger partial charge >= 0.3 is 0 Å². The van der Waals surface area contributed by atoms with Gasteiger partial charge in [0, 0.05) is 71.8 Å². The van der Waals surface area contributed by atoms with E-state index in [9.17, 15) is 4.79 Å². The first-order valence-corrected chi connectivity index (χ1v) is 23.1. The number of rotatable bonds is 18. The second-order valence-electron chi connectivity index (χ2n) is 16.1. The number of ether oxygens (including phenoxy) is 2. The summed E-state index contributed by atoms with van der Waals surface area (Å²) >= 11 is 0. The average molecular weight is 820 g/mol. The molecule has 0 bridgehead atoms. The Kier molecular flexibility index (Phi) is 15.3. The lowest BCUT2D eigenvalue weighted by atomic mass is 9.87. The molecular formula is C48H61N5O3S2. The van der Waals surface area contributed by atoms with Gasteiger partial charge in [0.05, 0.1) is 11.9 Å². The summed E-state index contributed by atoms with van der Waals surface area (Å²) in [6, 6.07) is 12.8. The molecule has 1 unspecified atom stereocenters. The van der Waals surface area contributed by atoms with Gasteiger partial charge in [0.25, 0.3) is 0 Å². The predicted molar refractivity (Wildman–Crippen MR) is 248 cm³/mol. The molecular weight excluding hydrogens is 759 g/mol. The lowest BCUT2D eigenvalue weighted by Crippen LogP contribution is -2.35. The number of allylic oxidation sites excluding steroid dienone is 8. The standard InChI is InChI=1S/C48H61N5O3S2/c1-8-44(51-30-40-27-37-14-10-12-16-46(37)53(40)6)33(2)20-22-55-31-34-23-35(25-38(24-34)52-47(54)19-21-48(3,4)58-57-7)32-56-41-17-18-43-42-15-11-9-13-36(42)26-39(49-5)29-50-45(43)28-41/h8,11-12,15-18,20,22-25,28-29,39-40,49,51H,1,9-10,13-14,19,21,26-27,30-32H2,2-7H3,(H,52,54)/b22-20-,44-33+,50-29?/t39-,40?/m0/s1. The zero-order valence-electron chi connectivity index (χ0n) is 35.2. The van der Waals surface area contributed by atoms with Crippen LogP contribution < -0.4 is 20.7 Å². The monoisotopic (exact) mass is 819 g/mol. The number of amides is 1. The van der Waals surface area contributed by atoms with Crippen LogP contribution in [-0.2, 0) is 22.7 Å². The Morgan fingerprint density at radius 1 is 1.05 bits per heavy atom. The van der Waals surface area contributed by atoms with Crippen LogP contribution in [0, 0.1) is 0 Å². The highest BCUT2D eigenvalue weighted by molar-refractivity contribution is 8.76. The van der Waals surface area contributed by atoms with Crippen molar-refractivity contribution >= 4 is 50.7 Å². The minimum atomic E-state index is -0.00844. The number of carbonyl (C=O) groups is 1. The van der Waals surface area contributed by atoms with Gasteiger partial charge in [-0.25, -0.2) is 0 Å². The lowest BCUT2D eigenvalue weighted by Gasteiger charge is -2.25. The average Bonchev–Trinajstić information content (AvgIpc) is 3.53. The van der Waals surface area contributed by atoms with E-state index in [-0.39, 0.29) is 16.7 Å². The molecule has 8 nitrogen and oxygen atoms in total. The predicted octanol–water partition coefficient (Wildman–Crippen LogP) is 11.0. The van der Waals surface area contributed by atoms with E-state index in [0.717, 1.165) is 96.6 Å². The number of fused-ring (bicyclic) bond motifs is 2. The van der Waals surface area contributed by atoms with Crippen molar-refractivity contribution < 1.29 is 14.3 Å². The first-order valence-electron chi connectivity index (χ1n) is 20.5. The molecule has 3 N–H and O–H groups in total. The number of hydrogen-bond acceptors (Lipinski definition) is 9. The molecule has 1 amide bonds. The van der Waals surface area contributed by atoms with Crippen molar-refractivity contribution in [2.75, 3.05) is 32.2 Å². The van der Waals surface area contributed by atoms with E-state index >= 15 is 0 Å². The fourth-order valence-electron chi connectivity index (χ4n) is 7.96. The molecule has 4 aliphatic rings. The van der Waals surface area contributed by atoms with E-state index in [0.29, 0.717) is 25.7 Å². The van der Waals surface area contributed by atoms with Crippen molar-refractivity contribution in [2.24, 2.45) is 4.99 Å². The molecule has 10 heteroatoms. The molecule has 2 aliphatic heterocycles. The first kappa shape index (κ1) is 43.2. The maximum Gasteiger partial charge on any atom is 0.224 e. The molecule has 6 rings (SSSR count). The number of anilines is 1. The Morgan fingerprint density at radius 3 is 2.59 bits per heavy atom. The van der Waals surface area contributed by atoms with Gasteiger partial charge in [-0.05, 0) is 155 Å². The van der Waals surface area contributed by atoms with Gasteiger partial charge in [-0.3, -0.25) is 9.79 Å².